The van der Waals surface area contributed by atoms with Gasteiger partial charge in [-0.1, -0.05) is 20.3 Å². The highest BCUT2D eigenvalue weighted by molar-refractivity contribution is 4.91. The first-order valence-electron chi connectivity index (χ1n) is 6.51. The van der Waals surface area contributed by atoms with Gasteiger partial charge < -0.3 is 5.11 Å². The zero-order valence-corrected chi connectivity index (χ0v) is 10.2. The second kappa shape index (κ2) is 4.42. The van der Waals surface area contributed by atoms with Gasteiger partial charge in [0, 0.05) is 6.04 Å². The van der Waals surface area contributed by atoms with Crippen LogP contribution in [0.5, 0.6) is 0 Å². The standard InChI is InChI=1S/C13H25NO/c1-13(2)7-6-12(15)11(10-13)14-8-4-3-5-9-14/h11-12,15H,3-10H2,1-2H3. The van der Waals surface area contributed by atoms with E-state index >= 15 is 0 Å². The molecule has 0 spiro atoms. The molecule has 0 amide bonds. The zero-order valence-electron chi connectivity index (χ0n) is 10.2. The Labute approximate surface area is 93.7 Å². The quantitative estimate of drug-likeness (QED) is 0.720. The van der Waals surface area contributed by atoms with Gasteiger partial charge in [-0.05, 0) is 50.6 Å². The lowest BCUT2D eigenvalue weighted by Gasteiger charge is -2.45. The summed E-state index contributed by atoms with van der Waals surface area (Å²) in [6.45, 7) is 7.10. The van der Waals surface area contributed by atoms with Crippen LogP contribution in [0.4, 0.5) is 0 Å². The Bertz CT molecular complexity index is 209. The molecule has 2 fully saturated rings. The second-order valence-corrected chi connectivity index (χ2v) is 6.14. The number of likely N-dealkylation sites (tertiary alicyclic amines) is 1. The maximum Gasteiger partial charge on any atom is 0.0695 e. The first-order valence-corrected chi connectivity index (χ1v) is 6.51. The van der Waals surface area contributed by atoms with Crippen LogP contribution in [0.2, 0.25) is 0 Å². The van der Waals surface area contributed by atoms with Crippen LogP contribution < -0.4 is 0 Å². The van der Waals surface area contributed by atoms with Crippen LogP contribution in [-0.4, -0.2) is 35.2 Å². The largest absolute Gasteiger partial charge is 0.391 e. The SMILES string of the molecule is CC1(C)CCC(O)C(N2CCCCC2)C1. The van der Waals surface area contributed by atoms with E-state index in [1.165, 1.54) is 45.2 Å². The predicted molar refractivity (Wildman–Crippen MR) is 62.9 cm³/mol. The van der Waals surface area contributed by atoms with Crippen molar-refractivity contribution in [3.05, 3.63) is 0 Å². The minimum absolute atomic E-state index is 0.0730. The lowest BCUT2D eigenvalue weighted by atomic mass is 9.73. The van der Waals surface area contributed by atoms with E-state index in [1.54, 1.807) is 0 Å². The molecule has 2 heteroatoms. The van der Waals surface area contributed by atoms with Crippen molar-refractivity contribution in [1.82, 2.24) is 4.90 Å². The smallest absolute Gasteiger partial charge is 0.0695 e. The van der Waals surface area contributed by atoms with Crippen molar-refractivity contribution >= 4 is 0 Å². The minimum Gasteiger partial charge on any atom is -0.391 e. The maximum absolute atomic E-state index is 10.1. The Morgan fingerprint density at radius 1 is 1.13 bits per heavy atom. The summed E-state index contributed by atoms with van der Waals surface area (Å²) in [7, 11) is 0. The first-order chi connectivity index (χ1) is 7.08. The van der Waals surface area contributed by atoms with Gasteiger partial charge >= 0.3 is 0 Å². The van der Waals surface area contributed by atoms with Gasteiger partial charge in [-0.15, -0.1) is 0 Å². The monoisotopic (exact) mass is 211 g/mol. The molecule has 2 atom stereocenters. The van der Waals surface area contributed by atoms with E-state index in [1.807, 2.05) is 0 Å². The fourth-order valence-electron chi connectivity index (χ4n) is 3.16. The molecule has 0 aromatic carbocycles. The third-order valence-electron chi connectivity index (χ3n) is 4.18. The lowest BCUT2D eigenvalue weighted by Crippen LogP contribution is -2.50. The highest BCUT2D eigenvalue weighted by atomic mass is 16.3. The van der Waals surface area contributed by atoms with Crippen LogP contribution in [-0.2, 0) is 0 Å². The van der Waals surface area contributed by atoms with E-state index < -0.39 is 0 Å². The van der Waals surface area contributed by atoms with Gasteiger partial charge in [0.15, 0.2) is 0 Å². The van der Waals surface area contributed by atoms with Gasteiger partial charge in [0.2, 0.25) is 0 Å². The molecule has 0 radical (unpaired) electrons. The molecule has 1 aliphatic carbocycles. The Balaban J connectivity index is 1.98. The van der Waals surface area contributed by atoms with Crippen LogP contribution in [0.1, 0.15) is 52.4 Å². The number of piperidine rings is 1. The van der Waals surface area contributed by atoms with Gasteiger partial charge in [-0.2, -0.15) is 0 Å². The molecule has 2 rings (SSSR count). The average Bonchev–Trinajstić information content (AvgIpc) is 2.23. The molecule has 2 nitrogen and oxygen atoms in total. The first kappa shape index (κ1) is 11.4. The molecule has 15 heavy (non-hydrogen) atoms. The Morgan fingerprint density at radius 3 is 2.47 bits per heavy atom. The Morgan fingerprint density at radius 2 is 1.80 bits per heavy atom. The molecule has 88 valence electrons. The molecule has 2 unspecified atom stereocenters. The third kappa shape index (κ3) is 2.73. The Hall–Kier alpha value is -0.0800. The maximum atomic E-state index is 10.1. The van der Waals surface area contributed by atoms with Crippen LogP contribution in [0.3, 0.4) is 0 Å². The molecular formula is C13H25NO. The van der Waals surface area contributed by atoms with E-state index in [2.05, 4.69) is 18.7 Å². The van der Waals surface area contributed by atoms with E-state index in [0.29, 0.717) is 11.5 Å². The van der Waals surface area contributed by atoms with Crippen LogP contribution >= 0.6 is 0 Å². The topological polar surface area (TPSA) is 23.5 Å². The van der Waals surface area contributed by atoms with Gasteiger partial charge in [0.1, 0.15) is 0 Å². The number of aliphatic hydroxyl groups is 1. The summed E-state index contributed by atoms with van der Waals surface area (Å²) in [5.74, 6) is 0. The molecule has 0 bridgehead atoms. The van der Waals surface area contributed by atoms with E-state index in [-0.39, 0.29) is 6.10 Å². The summed E-state index contributed by atoms with van der Waals surface area (Å²) in [5.41, 5.74) is 0.432. The summed E-state index contributed by atoms with van der Waals surface area (Å²) in [4.78, 5) is 2.54. The minimum atomic E-state index is -0.0730. The van der Waals surface area contributed by atoms with Crippen LogP contribution in [0.15, 0.2) is 0 Å². The molecule has 1 aliphatic heterocycles. The predicted octanol–water partition coefficient (Wildman–Crippen LogP) is 2.41. The zero-order chi connectivity index (χ0) is 10.9. The number of hydrogen-bond donors (Lipinski definition) is 1. The molecule has 0 aromatic rings. The number of nitrogens with zero attached hydrogens (tertiary/aromatic N) is 1. The van der Waals surface area contributed by atoms with Crippen LogP contribution in [0.25, 0.3) is 0 Å². The molecule has 1 heterocycles. The van der Waals surface area contributed by atoms with Crippen LogP contribution in [0, 0.1) is 5.41 Å². The number of hydrogen-bond acceptors (Lipinski definition) is 2. The molecular weight excluding hydrogens is 186 g/mol. The number of rotatable bonds is 1. The van der Waals surface area contributed by atoms with E-state index in [9.17, 15) is 5.11 Å². The van der Waals surface area contributed by atoms with Crippen molar-refractivity contribution < 1.29 is 5.11 Å². The number of aliphatic hydroxyl groups excluding tert-OH is 1. The van der Waals surface area contributed by atoms with Crippen molar-refractivity contribution in [1.29, 1.82) is 0 Å². The fraction of sp³-hybridized carbons (Fsp3) is 1.00. The summed E-state index contributed by atoms with van der Waals surface area (Å²) >= 11 is 0. The Kier molecular flexibility index (Phi) is 3.36. The van der Waals surface area contributed by atoms with Gasteiger partial charge in [0.05, 0.1) is 6.10 Å². The molecule has 1 N–H and O–H groups in total. The highest BCUT2D eigenvalue weighted by Crippen LogP contribution is 2.38. The van der Waals surface area contributed by atoms with E-state index in [4.69, 9.17) is 0 Å². The van der Waals surface area contributed by atoms with Crippen molar-refractivity contribution in [3.63, 3.8) is 0 Å². The van der Waals surface area contributed by atoms with Crippen molar-refractivity contribution in [2.45, 2.75) is 64.5 Å². The van der Waals surface area contributed by atoms with Gasteiger partial charge in [-0.3, -0.25) is 4.90 Å². The molecule has 1 saturated heterocycles. The second-order valence-electron chi connectivity index (χ2n) is 6.14. The molecule has 2 aliphatic rings. The lowest BCUT2D eigenvalue weighted by molar-refractivity contribution is -0.0236. The summed E-state index contributed by atoms with van der Waals surface area (Å²) in [6.07, 6.45) is 7.30. The highest BCUT2D eigenvalue weighted by Gasteiger charge is 2.37. The van der Waals surface area contributed by atoms with Crippen molar-refractivity contribution in [3.8, 4) is 0 Å². The summed E-state index contributed by atoms with van der Waals surface area (Å²) < 4.78 is 0. The van der Waals surface area contributed by atoms with Gasteiger partial charge in [0.25, 0.3) is 0 Å². The van der Waals surface area contributed by atoms with Gasteiger partial charge in [-0.25, -0.2) is 0 Å². The normalized spacial score (nSPS) is 37.8. The van der Waals surface area contributed by atoms with Crippen molar-refractivity contribution in [2.24, 2.45) is 5.41 Å². The summed E-state index contributed by atoms with van der Waals surface area (Å²) in [6, 6.07) is 0.439. The summed E-state index contributed by atoms with van der Waals surface area (Å²) in [5, 5.41) is 10.1. The fourth-order valence-corrected chi connectivity index (χ4v) is 3.16. The average molecular weight is 211 g/mol. The van der Waals surface area contributed by atoms with E-state index in [0.717, 1.165) is 6.42 Å². The molecule has 1 saturated carbocycles. The van der Waals surface area contributed by atoms with Crippen molar-refractivity contribution in [2.75, 3.05) is 13.1 Å². The molecule has 0 aromatic heterocycles. The third-order valence-corrected chi connectivity index (χ3v) is 4.18.